The zero-order valence-electron chi connectivity index (χ0n) is 18.1. The van der Waals surface area contributed by atoms with Crippen molar-refractivity contribution in [3.05, 3.63) is 83.4 Å². The maximum atomic E-state index is 14.3. The van der Waals surface area contributed by atoms with Crippen molar-refractivity contribution in [2.75, 3.05) is 0 Å². The number of aliphatic imine (C=N–C) groups is 1. The van der Waals surface area contributed by atoms with Crippen molar-refractivity contribution in [2.45, 2.75) is 37.9 Å². The maximum absolute atomic E-state index is 14.3. The number of halogens is 5. The molecule has 0 saturated carbocycles. The summed E-state index contributed by atoms with van der Waals surface area (Å²) in [5, 5.41) is 20.3. The number of benzene rings is 2. The van der Waals surface area contributed by atoms with Gasteiger partial charge in [0.2, 0.25) is 0 Å². The quantitative estimate of drug-likeness (QED) is 0.414. The van der Waals surface area contributed by atoms with Crippen molar-refractivity contribution in [3.8, 4) is 6.07 Å². The lowest BCUT2D eigenvalue weighted by Crippen LogP contribution is -2.53. The summed E-state index contributed by atoms with van der Waals surface area (Å²) in [5.74, 6) is -6.21. The smallest absolute Gasteiger partial charge is 0.416 e. The van der Waals surface area contributed by atoms with Crippen molar-refractivity contribution >= 4 is 11.7 Å². The number of carbonyl (C=O) groups is 1. The molecule has 0 aliphatic carbocycles. The molecular formula is C25H21F5N2O2. The first kappa shape index (κ1) is 25.1. The van der Waals surface area contributed by atoms with E-state index in [0.29, 0.717) is 0 Å². The Bertz CT molecular complexity index is 1180. The normalized spacial score (nSPS) is 24.7. The van der Waals surface area contributed by atoms with Gasteiger partial charge in [-0.3, -0.25) is 9.79 Å². The van der Waals surface area contributed by atoms with Crippen molar-refractivity contribution in [3.63, 3.8) is 0 Å². The fraction of sp³-hybridized carbons (Fsp3) is 0.320. The topological polar surface area (TPSA) is 73.4 Å². The molecule has 1 N–H and O–H groups in total. The molecule has 9 heteroatoms. The molecule has 1 aliphatic rings. The number of hydrogen-bond donors (Lipinski definition) is 1. The molecule has 0 saturated heterocycles. The van der Waals surface area contributed by atoms with Crippen LogP contribution in [0.1, 0.15) is 36.0 Å². The molecule has 0 aromatic heterocycles. The van der Waals surface area contributed by atoms with Gasteiger partial charge in [0.1, 0.15) is 17.0 Å². The molecule has 0 fully saturated rings. The monoisotopic (exact) mass is 476 g/mol. The lowest BCUT2D eigenvalue weighted by Gasteiger charge is -2.46. The predicted molar refractivity (Wildman–Crippen MR) is 115 cm³/mol. The van der Waals surface area contributed by atoms with Crippen LogP contribution >= 0.6 is 0 Å². The highest BCUT2D eigenvalue weighted by Crippen LogP contribution is 2.54. The zero-order chi connectivity index (χ0) is 25.3. The Kier molecular flexibility index (Phi) is 6.92. The molecule has 1 aliphatic heterocycles. The molecule has 4 atom stereocenters. The van der Waals surface area contributed by atoms with Gasteiger partial charge in [-0.05, 0) is 42.7 Å². The van der Waals surface area contributed by atoms with Crippen LogP contribution in [-0.4, -0.2) is 22.8 Å². The SMILES string of the molecule is C=CCC1(C(=O)O)C(C)N=C(Cc2ccccc2F)C(C#N)C1c1ccc(F)cc1C(F)(F)F. The van der Waals surface area contributed by atoms with Gasteiger partial charge in [-0.2, -0.15) is 18.4 Å². The van der Waals surface area contributed by atoms with Crippen molar-refractivity contribution in [1.82, 2.24) is 0 Å². The predicted octanol–water partition coefficient (Wildman–Crippen LogP) is 5.94. The number of allylic oxidation sites excluding steroid dienone is 1. The number of alkyl halides is 3. The van der Waals surface area contributed by atoms with E-state index in [1.165, 1.54) is 31.2 Å². The summed E-state index contributed by atoms with van der Waals surface area (Å²) < 4.78 is 70.0. The fourth-order valence-electron chi connectivity index (χ4n) is 4.77. The number of carboxylic acids is 1. The number of rotatable bonds is 6. The molecule has 0 bridgehead atoms. The molecule has 3 rings (SSSR count). The third-order valence-corrected chi connectivity index (χ3v) is 6.36. The summed E-state index contributed by atoms with van der Waals surface area (Å²) in [4.78, 5) is 17.0. The second-order valence-electron chi connectivity index (χ2n) is 8.22. The van der Waals surface area contributed by atoms with Crippen LogP contribution in [-0.2, 0) is 17.4 Å². The summed E-state index contributed by atoms with van der Waals surface area (Å²) in [5.41, 5.74) is -3.65. The molecule has 178 valence electrons. The Morgan fingerprint density at radius 3 is 2.50 bits per heavy atom. The van der Waals surface area contributed by atoms with E-state index in [-0.39, 0.29) is 30.2 Å². The van der Waals surface area contributed by atoms with E-state index in [0.717, 1.165) is 12.1 Å². The van der Waals surface area contributed by atoms with Crippen LogP contribution < -0.4 is 0 Å². The van der Waals surface area contributed by atoms with Crippen LogP contribution in [0.4, 0.5) is 22.0 Å². The molecule has 0 amide bonds. The summed E-state index contributed by atoms with van der Waals surface area (Å²) >= 11 is 0. The van der Waals surface area contributed by atoms with Crippen LogP contribution in [0.3, 0.4) is 0 Å². The van der Waals surface area contributed by atoms with Crippen LogP contribution in [0.15, 0.2) is 60.1 Å². The molecule has 1 heterocycles. The molecule has 0 radical (unpaired) electrons. The molecule has 4 nitrogen and oxygen atoms in total. The Morgan fingerprint density at radius 2 is 1.94 bits per heavy atom. The summed E-state index contributed by atoms with van der Waals surface area (Å²) in [6, 6.07) is 8.44. The highest BCUT2D eigenvalue weighted by molar-refractivity contribution is 5.95. The van der Waals surface area contributed by atoms with E-state index in [1.807, 2.05) is 6.07 Å². The highest BCUT2D eigenvalue weighted by Gasteiger charge is 2.58. The molecule has 4 unspecified atom stereocenters. The van der Waals surface area contributed by atoms with Crippen LogP contribution in [0.5, 0.6) is 0 Å². The molecule has 34 heavy (non-hydrogen) atoms. The van der Waals surface area contributed by atoms with Gasteiger partial charge < -0.3 is 5.11 Å². The van der Waals surface area contributed by atoms with Gasteiger partial charge in [0.25, 0.3) is 0 Å². The van der Waals surface area contributed by atoms with E-state index in [9.17, 15) is 37.1 Å². The number of carboxylic acid groups (broad SMARTS) is 1. The van der Waals surface area contributed by atoms with Gasteiger partial charge in [0.05, 0.1) is 23.6 Å². The van der Waals surface area contributed by atoms with Crippen molar-refractivity contribution in [2.24, 2.45) is 16.3 Å². The van der Waals surface area contributed by atoms with E-state index < -0.39 is 58.2 Å². The van der Waals surface area contributed by atoms with Gasteiger partial charge in [0.15, 0.2) is 0 Å². The minimum atomic E-state index is -5.01. The summed E-state index contributed by atoms with van der Waals surface area (Å²) in [6.07, 6.45) is -4.25. The third kappa shape index (κ3) is 4.32. The minimum absolute atomic E-state index is 0.0588. The van der Waals surface area contributed by atoms with Gasteiger partial charge >= 0.3 is 12.1 Å². The summed E-state index contributed by atoms with van der Waals surface area (Å²) in [7, 11) is 0. The first-order valence-corrected chi connectivity index (χ1v) is 10.4. The van der Waals surface area contributed by atoms with E-state index in [2.05, 4.69) is 11.6 Å². The summed E-state index contributed by atoms with van der Waals surface area (Å²) in [6.45, 7) is 4.98. The van der Waals surface area contributed by atoms with Crippen LogP contribution in [0.2, 0.25) is 0 Å². The van der Waals surface area contributed by atoms with Gasteiger partial charge in [-0.25, -0.2) is 8.78 Å². The van der Waals surface area contributed by atoms with Gasteiger partial charge in [-0.1, -0.05) is 30.3 Å². The van der Waals surface area contributed by atoms with Gasteiger partial charge in [-0.15, -0.1) is 6.58 Å². The Balaban J connectivity index is 2.33. The fourth-order valence-corrected chi connectivity index (χ4v) is 4.77. The Morgan fingerprint density at radius 1 is 1.26 bits per heavy atom. The van der Waals surface area contributed by atoms with E-state index in [1.54, 1.807) is 6.07 Å². The molecule has 2 aromatic carbocycles. The first-order valence-electron chi connectivity index (χ1n) is 10.4. The highest BCUT2D eigenvalue weighted by atomic mass is 19.4. The number of aliphatic carboxylic acids is 1. The zero-order valence-corrected chi connectivity index (χ0v) is 18.1. The molecule has 2 aromatic rings. The lowest BCUT2D eigenvalue weighted by molar-refractivity contribution is -0.153. The third-order valence-electron chi connectivity index (χ3n) is 6.36. The first-order chi connectivity index (χ1) is 16.0. The minimum Gasteiger partial charge on any atom is -0.481 e. The van der Waals surface area contributed by atoms with Crippen LogP contribution in [0, 0.1) is 34.3 Å². The second-order valence-corrected chi connectivity index (χ2v) is 8.22. The van der Waals surface area contributed by atoms with E-state index in [4.69, 9.17) is 0 Å². The average Bonchev–Trinajstić information content (AvgIpc) is 2.76. The number of hydrogen-bond acceptors (Lipinski definition) is 3. The molecular weight excluding hydrogens is 455 g/mol. The Labute approximate surface area is 193 Å². The van der Waals surface area contributed by atoms with Crippen molar-refractivity contribution < 1.29 is 31.9 Å². The average molecular weight is 476 g/mol. The van der Waals surface area contributed by atoms with Crippen LogP contribution in [0.25, 0.3) is 0 Å². The Hall–Kier alpha value is -3.54. The number of nitriles is 1. The number of nitrogens with zero attached hydrogens (tertiary/aromatic N) is 2. The standard InChI is InChI=1S/C25H21F5N2O2/c1-3-10-24(23(33)34)14(2)32-21(11-15-6-4-5-7-20(15)27)18(13-31)22(24)17-9-8-16(26)12-19(17)25(28,29)30/h3-9,12,14,18,22H,1,10-11H2,2H3,(H,33,34). The van der Waals surface area contributed by atoms with Crippen molar-refractivity contribution in [1.29, 1.82) is 5.26 Å². The second kappa shape index (κ2) is 9.37. The maximum Gasteiger partial charge on any atom is 0.416 e. The largest absolute Gasteiger partial charge is 0.481 e. The van der Waals surface area contributed by atoms with E-state index >= 15 is 0 Å². The molecule has 0 spiro atoms. The van der Waals surface area contributed by atoms with Gasteiger partial charge in [0, 0.05) is 18.1 Å². The lowest BCUT2D eigenvalue weighted by atomic mass is 9.57.